The van der Waals surface area contributed by atoms with Crippen molar-refractivity contribution < 1.29 is 14.6 Å². The summed E-state index contributed by atoms with van der Waals surface area (Å²) in [5, 5.41) is 18.8. The summed E-state index contributed by atoms with van der Waals surface area (Å²) in [6, 6.07) is 4.83. The largest absolute Gasteiger partial charge is 0.389 e. The van der Waals surface area contributed by atoms with Gasteiger partial charge in [0.05, 0.1) is 17.2 Å². The molecule has 1 heterocycles. The Labute approximate surface area is 98.1 Å². The number of hydrogen-bond donors (Lipinski definition) is 2. The van der Waals surface area contributed by atoms with Crippen LogP contribution in [-0.4, -0.2) is 40.4 Å². The van der Waals surface area contributed by atoms with E-state index in [-0.39, 0.29) is 5.02 Å². The van der Waals surface area contributed by atoms with Crippen LogP contribution in [0.15, 0.2) is 18.2 Å². The number of benzene rings is 1. The second-order valence-corrected chi connectivity index (χ2v) is 4.45. The van der Waals surface area contributed by atoms with E-state index in [0.29, 0.717) is 25.2 Å². The van der Waals surface area contributed by atoms with Gasteiger partial charge in [-0.15, -0.1) is 0 Å². The normalized spacial score (nSPS) is 26.2. The van der Waals surface area contributed by atoms with E-state index in [1.165, 1.54) is 6.07 Å². The minimum absolute atomic E-state index is 0.0952. The molecule has 88 valence electrons. The van der Waals surface area contributed by atoms with Crippen molar-refractivity contribution in [1.29, 1.82) is 0 Å². The standard InChI is InChI=1S/C11H13ClFNO2/c12-8-3-1-2-7(11(8)13)4-14-5-9(15)10(16)6-14/h1-3,9-10,15-16H,4-6H2/t9-,10+. The van der Waals surface area contributed by atoms with Gasteiger partial charge in [0.2, 0.25) is 0 Å². The molecule has 0 amide bonds. The molecule has 0 spiro atoms. The topological polar surface area (TPSA) is 43.7 Å². The van der Waals surface area contributed by atoms with Crippen molar-refractivity contribution in [2.24, 2.45) is 0 Å². The number of nitrogens with zero attached hydrogens (tertiary/aromatic N) is 1. The molecule has 2 rings (SSSR count). The summed E-state index contributed by atoms with van der Waals surface area (Å²) in [7, 11) is 0. The molecule has 0 unspecified atom stereocenters. The Balaban J connectivity index is 2.08. The van der Waals surface area contributed by atoms with Gasteiger partial charge in [0.1, 0.15) is 5.82 Å². The maximum Gasteiger partial charge on any atom is 0.146 e. The number of hydrogen-bond acceptors (Lipinski definition) is 3. The van der Waals surface area contributed by atoms with Gasteiger partial charge in [0.15, 0.2) is 0 Å². The van der Waals surface area contributed by atoms with Crippen LogP contribution in [0.25, 0.3) is 0 Å². The number of halogens is 2. The molecule has 1 aliphatic rings. The van der Waals surface area contributed by atoms with E-state index in [0.717, 1.165) is 0 Å². The zero-order chi connectivity index (χ0) is 11.7. The first-order chi connectivity index (χ1) is 7.58. The number of aliphatic hydroxyl groups is 2. The Hall–Kier alpha value is -0.680. The smallest absolute Gasteiger partial charge is 0.146 e. The van der Waals surface area contributed by atoms with E-state index in [1.807, 2.05) is 0 Å². The molecule has 1 aromatic rings. The molecule has 1 saturated heterocycles. The van der Waals surface area contributed by atoms with Gasteiger partial charge in [-0.3, -0.25) is 4.90 Å². The summed E-state index contributed by atoms with van der Waals surface area (Å²) in [6.07, 6.45) is -1.50. The average Bonchev–Trinajstić information content (AvgIpc) is 2.54. The lowest BCUT2D eigenvalue weighted by Crippen LogP contribution is -2.22. The highest BCUT2D eigenvalue weighted by molar-refractivity contribution is 6.30. The summed E-state index contributed by atoms with van der Waals surface area (Å²) < 4.78 is 13.6. The highest BCUT2D eigenvalue weighted by Gasteiger charge is 2.29. The van der Waals surface area contributed by atoms with E-state index < -0.39 is 18.0 Å². The predicted octanol–water partition coefficient (Wildman–Crippen LogP) is 1.02. The summed E-state index contributed by atoms with van der Waals surface area (Å²) in [5.74, 6) is -0.431. The molecular weight excluding hydrogens is 233 g/mol. The Bertz CT molecular complexity index is 378. The summed E-state index contributed by atoms with van der Waals surface area (Å²) >= 11 is 5.66. The third kappa shape index (κ3) is 2.35. The number of aliphatic hydroxyl groups excluding tert-OH is 2. The number of likely N-dealkylation sites (tertiary alicyclic amines) is 1. The molecule has 1 fully saturated rings. The average molecular weight is 246 g/mol. The van der Waals surface area contributed by atoms with Crippen LogP contribution < -0.4 is 0 Å². The molecule has 1 aromatic carbocycles. The summed E-state index contributed by atoms with van der Waals surface area (Å²) in [6.45, 7) is 1.06. The van der Waals surface area contributed by atoms with Gasteiger partial charge in [0.25, 0.3) is 0 Å². The van der Waals surface area contributed by atoms with Crippen molar-refractivity contribution in [1.82, 2.24) is 4.90 Å². The van der Waals surface area contributed by atoms with Gasteiger partial charge < -0.3 is 10.2 Å². The van der Waals surface area contributed by atoms with Gasteiger partial charge >= 0.3 is 0 Å². The molecule has 2 atom stereocenters. The molecule has 0 radical (unpaired) electrons. The highest BCUT2D eigenvalue weighted by atomic mass is 35.5. The van der Waals surface area contributed by atoms with E-state index in [1.54, 1.807) is 17.0 Å². The fourth-order valence-electron chi connectivity index (χ4n) is 1.89. The first-order valence-corrected chi connectivity index (χ1v) is 5.47. The van der Waals surface area contributed by atoms with Crippen LogP contribution in [0.2, 0.25) is 5.02 Å². The zero-order valence-electron chi connectivity index (χ0n) is 8.61. The molecule has 1 aliphatic heterocycles. The zero-order valence-corrected chi connectivity index (χ0v) is 9.36. The molecule has 0 aliphatic carbocycles. The summed E-state index contributed by atoms with van der Waals surface area (Å²) in [4.78, 5) is 1.80. The Kier molecular flexibility index (Phi) is 3.44. The maximum absolute atomic E-state index is 13.6. The molecule has 5 heteroatoms. The minimum Gasteiger partial charge on any atom is -0.389 e. The Morgan fingerprint density at radius 3 is 2.56 bits per heavy atom. The third-order valence-corrected chi connectivity index (χ3v) is 3.05. The third-order valence-electron chi connectivity index (χ3n) is 2.76. The fraction of sp³-hybridized carbons (Fsp3) is 0.455. The second-order valence-electron chi connectivity index (χ2n) is 4.04. The summed E-state index contributed by atoms with van der Waals surface area (Å²) in [5.41, 5.74) is 0.480. The lowest BCUT2D eigenvalue weighted by molar-refractivity contribution is 0.0572. The molecule has 0 bridgehead atoms. The minimum atomic E-state index is -0.748. The van der Waals surface area contributed by atoms with E-state index in [4.69, 9.17) is 11.6 Å². The van der Waals surface area contributed by atoms with Gasteiger partial charge in [-0.05, 0) is 6.07 Å². The molecular formula is C11H13ClFNO2. The van der Waals surface area contributed by atoms with Crippen LogP contribution in [0, 0.1) is 5.82 Å². The number of β-amino-alcohol motifs (C(OH)–C–C–N with tert-alkyl or cyclic N) is 2. The first-order valence-electron chi connectivity index (χ1n) is 5.09. The van der Waals surface area contributed by atoms with Crippen molar-refractivity contribution in [2.75, 3.05) is 13.1 Å². The molecule has 2 N–H and O–H groups in total. The lowest BCUT2D eigenvalue weighted by atomic mass is 10.2. The number of rotatable bonds is 2. The van der Waals surface area contributed by atoms with E-state index >= 15 is 0 Å². The van der Waals surface area contributed by atoms with Crippen LogP contribution in [0.1, 0.15) is 5.56 Å². The van der Waals surface area contributed by atoms with Crippen molar-refractivity contribution in [3.8, 4) is 0 Å². The Morgan fingerprint density at radius 2 is 1.94 bits per heavy atom. The maximum atomic E-state index is 13.6. The van der Waals surface area contributed by atoms with Crippen LogP contribution in [-0.2, 0) is 6.54 Å². The van der Waals surface area contributed by atoms with Crippen molar-refractivity contribution in [2.45, 2.75) is 18.8 Å². The van der Waals surface area contributed by atoms with Crippen LogP contribution >= 0.6 is 11.6 Å². The van der Waals surface area contributed by atoms with E-state index in [9.17, 15) is 14.6 Å². The van der Waals surface area contributed by atoms with Crippen LogP contribution in [0.5, 0.6) is 0 Å². The van der Waals surface area contributed by atoms with Gasteiger partial charge in [-0.25, -0.2) is 4.39 Å². The quantitative estimate of drug-likeness (QED) is 0.818. The van der Waals surface area contributed by atoms with Gasteiger partial charge in [0, 0.05) is 25.2 Å². The molecule has 16 heavy (non-hydrogen) atoms. The van der Waals surface area contributed by atoms with Gasteiger partial charge in [-0.2, -0.15) is 0 Å². The molecule has 0 saturated carbocycles. The second kappa shape index (κ2) is 4.67. The monoisotopic (exact) mass is 245 g/mol. The van der Waals surface area contributed by atoms with Crippen molar-refractivity contribution >= 4 is 11.6 Å². The predicted molar refractivity (Wildman–Crippen MR) is 58.7 cm³/mol. The van der Waals surface area contributed by atoms with Crippen molar-refractivity contribution in [3.05, 3.63) is 34.6 Å². The molecule has 0 aromatic heterocycles. The first kappa shape index (κ1) is 11.8. The van der Waals surface area contributed by atoms with Gasteiger partial charge in [-0.1, -0.05) is 23.7 Å². The van der Waals surface area contributed by atoms with Crippen molar-refractivity contribution in [3.63, 3.8) is 0 Å². The molecule has 3 nitrogen and oxygen atoms in total. The van der Waals surface area contributed by atoms with Crippen LogP contribution in [0.3, 0.4) is 0 Å². The van der Waals surface area contributed by atoms with Crippen LogP contribution in [0.4, 0.5) is 4.39 Å². The van der Waals surface area contributed by atoms with E-state index in [2.05, 4.69) is 0 Å². The fourth-order valence-corrected chi connectivity index (χ4v) is 2.08. The lowest BCUT2D eigenvalue weighted by Gasteiger charge is -2.15. The SMILES string of the molecule is O[C@@H]1CN(Cc2cccc(Cl)c2F)C[C@@H]1O. The Morgan fingerprint density at radius 1 is 1.31 bits per heavy atom. The highest BCUT2D eigenvalue weighted by Crippen LogP contribution is 2.21.